The number of furan rings is 2. The molecule has 0 fully saturated rings. The first-order valence-electron chi connectivity index (χ1n) is 17.1. The molecule has 0 amide bonds. The molecule has 7 aromatic carbocycles. The lowest BCUT2D eigenvalue weighted by atomic mass is 10.0. The van der Waals surface area contributed by atoms with Crippen LogP contribution >= 0.6 is 0 Å². The Kier molecular flexibility index (Phi) is 5.92. The monoisotopic (exact) mass is 656 g/mol. The van der Waals surface area contributed by atoms with Crippen LogP contribution in [0.1, 0.15) is 22.9 Å². The zero-order chi connectivity index (χ0) is 33.5. The molecule has 6 heteroatoms. The van der Waals surface area contributed by atoms with E-state index >= 15 is 0 Å². The van der Waals surface area contributed by atoms with Crippen molar-refractivity contribution in [1.82, 2.24) is 9.88 Å². The summed E-state index contributed by atoms with van der Waals surface area (Å²) in [4.78, 5) is 10.4. The molecule has 240 valence electrons. The molecule has 0 radical (unpaired) electrons. The third kappa shape index (κ3) is 4.30. The van der Waals surface area contributed by atoms with E-state index in [1.54, 1.807) is 0 Å². The zero-order valence-electron chi connectivity index (χ0n) is 27.2. The van der Waals surface area contributed by atoms with Gasteiger partial charge in [-0.25, -0.2) is 9.98 Å². The van der Waals surface area contributed by atoms with E-state index < -0.39 is 0 Å². The number of aromatic nitrogens is 1. The second-order valence-corrected chi connectivity index (χ2v) is 13.0. The van der Waals surface area contributed by atoms with Gasteiger partial charge in [0.25, 0.3) is 0 Å². The minimum absolute atomic E-state index is 0.333. The van der Waals surface area contributed by atoms with Gasteiger partial charge in [-0.15, -0.1) is 0 Å². The van der Waals surface area contributed by atoms with Crippen LogP contribution in [0.5, 0.6) is 0 Å². The van der Waals surface area contributed by atoms with Gasteiger partial charge in [-0.1, -0.05) is 97.1 Å². The van der Waals surface area contributed by atoms with Gasteiger partial charge in [0.1, 0.15) is 34.3 Å². The van der Waals surface area contributed by atoms with Crippen molar-refractivity contribution in [3.63, 3.8) is 0 Å². The topological polar surface area (TPSA) is 68.0 Å². The summed E-state index contributed by atoms with van der Waals surface area (Å²) in [5.41, 5.74) is 9.69. The average molecular weight is 657 g/mol. The maximum atomic E-state index is 6.40. The summed E-state index contributed by atoms with van der Waals surface area (Å²) in [6, 6.07) is 54.5. The van der Waals surface area contributed by atoms with Gasteiger partial charge in [0.05, 0.1) is 11.0 Å². The van der Waals surface area contributed by atoms with Crippen LogP contribution in [-0.2, 0) is 0 Å². The number of amidine groups is 2. The molecule has 0 spiro atoms. The van der Waals surface area contributed by atoms with E-state index in [0.717, 1.165) is 72.1 Å². The van der Waals surface area contributed by atoms with Gasteiger partial charge in [0, 0.05) is 49.1 Å². The van der Waals surface area contributed by atoms with Gasteiger partial charge in [-0.2, -0.15) is 0 Å². The van der Waals surface area contributed by atoms with Crippen LogP contribution in [0.4, 0.5) is 0 Å². The molecule has 1 aliphatic heterocycles. The third-order valence-corrected chi connectivity index (χ3v) is 10.1. The average Bonchev–Trinajstić information content (AvgIpc) is 3.87. The lowest BCUT2D eigenvalue weighted by molar-refractivity contribution is 0.667. The van der Waals surface area contributed by atoms with Crippen molar-refractivity contribution in [3.05, 3.63) is 174 Å². The number of aliphatic imine (C=N–C) groups is 2. The standard InChI is InChI=1S/C45H28N4O2/c1-2-11-27(12-3-1)43-46-44(48-45(47-43)33-16-10-20-41-42(33)32-15-6-9-19-38(32)51-41)28-21-23-39-34(25-28)35-26-29(22-24-40(35)50-39)49-36-17-7-4-13-30(36)31-14-5-8-18-37(31)49/h1-26,43H,(H,46,47,48). The van der Waals surface area contributed by atoms with Crippen molar-refractivity contribution < 1.29 is 8.83 Å². The highest BCUT2D eigenvalue weighted by atomic mass is 16.3. The van der Waals surface area contributed by atoms with E-state index in [-0.39, 0.29) is 6.17 Å². The molecular formula is C45H28N4O2. The second-order valence-electron chi connectivity index (χ2n) is 13.0. The molecule has 11 rings (SSSR count). The number of rotatable bonds is 4. The highest BCUT2D eigenvalue weighted by Gasteiger charge is 2.24. The number of nitrogens with one attached hydrogen (secondary N) is 1. The summed E-state index contributed by atoms with van der Waals surface area (Å²) >= 11 is 0. The Labute approximate surface area is 291 Å². The summed E-state index contributed by atoms with van der Waals surface area (Å²) in [6.07, 6.45) is -0.333. The number of benzene rings is 7. The van der Waals surface area contributed by atoms with Gasteiger partial charge < -0.3 is 18.7 Å². The molecule has 10 aromatic rings. The molecule has 1 aliphatic rings. The van der Waals surface area contributed by atoms with Crippen LogP contribution < -0.4 is 5.32 Å². The van der Waals surface area contributed by atoms with Gasteiger partial charge in [0.15, 0.2) is 5.84 Å². The molecule has 0 saturated carbocycles. The van der Waals surface area contributed by atoms with Gasteiger partial charge >= 0.3 is 0 Å². The zero-order valence-corrected chi connectivity index (χ0v) is 27.2. The number of hydrogen-bond acceptors (Lipinski definition) is 5. The first kappa shape index (κ1) is 28.0. The quantitative estimate of drug-likeness (QED) is 0.205. The van der Waals surface area contributed by atoms with E-state index in [4.69, 9.17) is 18.8 Å². The highest BCUT2D eigenvalue weighted by Crippen LogP contribution is 2.37. The largest absolute Gasteiger partial charge is 0.456 e. The van der Waals surface area contributed by atoms with Crippen LogP contribution in [-0.4, -0.2) is 16.2 Å². The second kappa shape index (κ2) is 10.8. The minimum Gasteiger partial charge on any atom is -0.456 e. The predicted octanol–water partition coefficient (Wildman–Crippen LogP) is 11.1. The SMILES string of the molecule is c1ccc(C2N=C(c3cccc4oc5ccccc5c34)N=C(c3ccc4oc5ccc(-n6c7ccccc7c7ccccc76)cc5c4c3)N2)cc1. The number of nitrogens with zero attached hydrogens (tertiary/aromatic N) is 3. The van der Waals surface area contributed by atoms with E-state index in [2.05, 4.69) is 113 Å². The first-order chi connectivity index (χ1) is 25.3. The summed E-state index contributed by atoms with van der Waals surface area (Å²) in [6.45, 7) is 0. The smallest absolute Gasteiger partial charge is 0.160 e. The lowest BCUT2D eigenvalue weighted by Gasteiger charge is -2.24. The van der Waals surface area contributed by atoms with Crippen molar-refractivity contribution in [2.75, 3.05) is 0 Å². The van der Waals surface area contributed by atoms with Crippen molar-refractivity contribution in [3.8, 4) is 5.69 Å². The van der Waals surface area contributed by atoms with Gasteiger partial charge in [0.2, 0.25) is 0 Å². The first-order valence-corrected chi connectivity index (χ1v) is 17.1. The normalized spacial score (nSPS) is 14.9. The number of hydrogen-bond donors (Lipinski definition) is 1. The van der Waals surface area contributed by atoms with Gasteiger partial charge in [-0.05, 0) is 66.2 Å². The van der Waals surface area contributed by atoms with Crippen LogP contribution in [0, 0.1) is 0 Å². The Morgan fingerprint density at radius 1 is 0.510 bits per heavy atom. The molecule has 1 N–H and O–H groups in total. The molecule has 1 atom stereocenters. The maximum Gasteiger partial charge on any atom is 0.160 e. The summed E-state index contributed by atoms with van der Waals surface area (Å²) in [7, 11) is 0. The fourth-order valence-corrected chi connectivity index (χ4v) is 7.74. The molecule has 0 saturated heterocycles. The van der Waals surface area contributed by atoms with E-state index in [0.29, 0.717) is 5.84 Å². The molecule has 4 heterocycles. The fraction of sp³-hybridized carbons (Fsp3) is 0.0222. The maximum absolute atomic E-state index is 6.40. The van der Waals surface area contributed by atoms with Crippen LogP contribution in [0.25, 0.3) is 71.4 Å². The van der Waals surface area contributed by atoms with Crippen LogP contribution in [0.15, 0.2) is 177 Å². The summed E-state index contributed by atoms with van der Waals surface area (Å²) < 4.78 is 15.0. The van der Waals surface area contributed by atoms with E-state index in [9.17, 15) is 0 Å². The molecule has 0 aliphatic carbocycles. The lowest BCUT2D eigenvalue weighted by Crippen LogP contribution is -2.33. The third-order valence-electron chi connectivity index (χ3n) is 10.1. The summed E-state index contributed by atoms with van der Waals surface area (Å²) in [5.74, 6) is 1.40. The van der Waals surface area contributed by atoms with Crippen molar-refractivity contribution in [2.45, 2.75) is 6.17 Å². The van der Waals surface area contributed by atoms with Crippen LogP contribution in [0.3, 0.4) is 0 Å². The van der Waals surface area contributed by atoms with Gasteiger partial charge in [-0.3, -0.25) is 0 Å². The molecule has 1 unspecified atom stereocenters. The molecule has 3 aromatic heterocycles. The molecule has 6 nitrogen and oxygen atoms in total. The Hall–Kier alpha value is -6.92. The molecular weight excluding hydrogens is 629 g/mol. The Bertz CT molecular complexity index is 3020. The highest BCUT2D eigenvalue weighted by molar-refractivity contribution is 6.22. The predicted molar refractivity (Wildman–Crippen MR) is 207 cm³/mol. The Balaban J connectivity index is 1.09. The van der Waals surface area contributed by atoms with Crippen molar-refractivity contribution >= 4 is 77.4 Å². The van der Waals surface area contributed by atoms with E-state index in [1.165, 1.54) is 21.8 Å². The van der Waals surface area contributed by atoms with Crippen molar-refractivity contribution in [1.29, 1.82) is 0 Å². The number of fused-ring (bicyclic) bond motifs is 9. The fourth-order valence-electron chi connectivity index (χ4n) is 7.74. The molecule has 51 heavy (non-hydrogen) atoms. The summed E-state index contributed by atoms with van der Waals surface area (Å²) in [5, 5.41) is 10.2. The molecule has 0 bridgehead atoms. The Morgan fingerprint density at radius 3 is 1.94 bits per heavy atom. The number of para-hydroxylation sites is 3. The minimum atomic E-state index is -0.333. The Morgan fingerprint density at radius 2 is 1.14 bits per heavy atom. The van der Waals surface area contributed by atoms with E-state index in [1.807, 2.05) is 54.6 Å². The van der Waals surface area contributed by atoms with Crippen molar-refractivity contribution in [2.24, 2.45) is 9.98 Å². The van der Waals surface area contributed by atoms with Crippen LogP contribution in [0.2, 0.25) is 0 Å².